The van der Waals surface area contributed by atoms with Crippen LogP contribution in [0.25, 0.3) is 0 Å². The fourth-order valence-corrected chi connectivity index (χ4v) is 1.36. The quantitative estimate of drug-likeness (QED) is 0.502. The Bertz CT molecular complexity index is 101. The molecule has 0 aliphatic heterocycles. The van der Waals surface area contributed by atoms with Gasteiger partial charge < -0.3 is 15.3 Å². The van der Waals surface area contributed by atoms with Crippen LogP contribution >= 0.6 is 0 Å². The summed E-state index contributed by atoms with van der Waals surface area (Å²) >= 11 is 0. The average molecular weight is 190 g/mol. The van der Waals surface area contributed by atoms with Crippen molar-refractivity contribution < 1.29 is 15.3 Å². The van der Waals surface area contributed by atoms with Crippen molar-refractivity contribution in [2.24, 2.45) is 0 Å². The maximum absolute atomic E-state index is 9.80. The summed E-state index contributed by atoms with van der Waals surface area (Å²) in [6, 6.07) is 0. The number of aliphatic hydroxyl groups excluding tert-OH is 2. The molecule has 0 amide bonds. The van der Waals surface area contributed by atoms with Gasteiger partial charge >= 0.3 is 0 Å². The molecule has 80 valence electrons. The molecule has 3 nitrogen and oxygen atoms in total. The van der Waals surface area contributed by atoms with E-state index in [9.17, 15) is 5.11 Å². The van der Waals surface area contributed by atoms with Crippen LogP contribution in [0.1, 0.15) is 45.4 Å². The van der Waals surface area contributed by atoms with Crippen molar-refractivity contribution >= 4 is 0 Å². The molecule has 0 radical (unpaired) electrons. The summed E-state index contributed by atoms with van der Waals surface area (Å²) in [5.41, 5.74) is -0.621. The number of hydrogen-bond donors (Lipinski definition) is 3. The van der Waals surface area contributed by atoms with Crippen LogP contribution in [0.4, 0.5) is 0 Å². The van der Waals surface area contributed by atoms with E-state index >= 15 is 0 Å². The van der Waals surface area contributed by atoms with Crippen molar-refractivity contribution in [2.75, 3.05) is 13.2 Å². The maximum atomic E-state index is 9.80. The van der Waals surface area contributed by atoms with Crippen molar-refractivity contribution in [3.8, 4) is 0 Å². The molecule has 3 N–H and O–H groups in total. The fourth-order valence-electron chi connectivity index (χ4n) is 1.36. The van der Waals surface area contributed by atoms with Gasteiger partial charge in [0.15, 0.2) is 0 Å². The second-order valence-electron chi connectivity index (χ2n) is 3.86. The lowest BCUT2D eigenvalue weighted by molar-refractivity contribution is 0.0347. The molecule has 0 rings (SSSR count). The predicted molar refractivity (Wildman–Crippen MR) is 52.5 cm³/mol. The SMILES string of the molecule is CC(O)(CCCCO)CCCCO. The average Bonchev–Trinajstić information content (AvgIpc) is 2.05. The molecule has 0 heterocycles. The van der Waals surface area contributed by atoms with E-state index in [1.54, 1.807) is 0 Å². The highest BCUT2D eigenvalue weighted by molar-refractivity contribution is 4.71. The lowest BCUT2D eigenvalue weighted by Crippen LogP contribution is -2.23. The predicted octanol–water partition coefficient (Wildman–Crippen LogP) is 1.06. The smallest absolute Gasteiger partial charge is 0.0619 e. The number of hydrogen-bond acceptors (Lipinski definition) is 3. The first-order valence-electron chi connectivity index (χ1n) is 5.06. The highest BCUT2D eigenvalue weighted by atomic mass is 16.3. The molecule has 0 aromatic heterocycles. The van der Waals surface area contributed by atoms with Crippen LogP contribution in [0.15, 0.2) is 0 Å². The van der Waals surface area contributed by atoms with Crippen molar-refractivity contribution in [3.63, 3.8) is 0 Å². The monoisotopic (exact) mass is 190 g/mol. The van der Waals surface area contributed by atoms with Crippen molar-refractivity contribution in [2.45, 2.75) is 51.0 Å². The second kappa shape index (κ2) is 7.30. The number of rotatable bonds is 8. The molecular weight excluding hydrogens is 168 g/mol. The van der Waals surface area contributed by atoms with Crippen LogP contribution in [0.3, 0.4) is 0 Å². The maximum Gasteiger partial charge on any atom is 0.0619 e. The Morgan fingerprint density at radius 2 is 1.23 bits per heavy atom. The van der Waals surface area contributed by atoms with Crippen molar-refractivity contribution in [1.29, 1.82) is 0 Å². The van der Waals surface area contributed by atoms with E-state index < -0.39 is 5.60 Å². The Morgan fingerprint density at radius 3 is 1.54 bits per heavy atom. The Kier molecular flexibility index (Phi) is 7.23. The van der Waals surface area contributed by atoms with Crippen molar-refractivity contribution in [1.82, 2.24) is 0 Å². The van der Waals surface area contributed by atoms with E-state index in [1.807, 2.05) is 6.92 Å². The minimum Gasteiger partial charge on any atom is -0.396 e. The standard InChI is InChI=1S/C10H22O3/c1-10(13,6-2-4-8-11)7-3-5-9-12/h11-13H,2-9H2,1H3. The third kappa shape index (κ3) is 8.22. The second-order valence-corrected chi connectivity index (χ2v) is 3.86. The Balaban J connectivity index is 3.42. The van der Waals surface area contributed by atoms with Gasteiger partial charge in [-0.3, -0.25) is 0 Å². The highest BCUT2D eigenvalue weighted by Gasteiger charge is 2.18. The third-order valence-corrected chi connectivity index (χ3v) is 2.25. The molecular formula is C10H22O3. The summed E-state index contributed by atoms with van der Waals surface area (Å²) in [4.78, 5) is 0. The molecule has 0 bridgehead atoms. The minimum absolute atomic E-state index is 0.201. The lowest BCUT2D eigenvalue weighted by Gasteiger charge is -2.22. The van der Waals surface area contributed by atoms with Gasteiger partial charge in [-0.2, -0.15) is 0 Å². The number of unbranched alkanes of at least 4 members (excludes halogenated alkanes) is 2. The first-order chi connectivity index (χ1) is 6.12. The van der Waals surface area contributed by atoms with Crippen LogP contribution in [-0.4, -0.2) is 34.1 Å². The Hall–Kier alpha value is -0.120. The molecule has 0 unspecified atom stereocenters. The normalized spacial score (nSPS) is 12.0. The first-order valence-corrected chi connectivity index (χ1v) is 5.06. The third-order valence-electron chi connectivity index (χ3n) is 2.25. The molecule has 0 aliphatic rings. The van der Waals surface area contributed by atoms with E-state index in [-0.39, 0.29) is 13.2 Å². The molecule has 0 aromatic carbocycles. The molecule has 0 fully saturated rings. The molecule has 0 spiro atoms. The van der Waals surface area contributed by atoms with Crippen LogP contribution in [0.5, 0.6) is 0 Å². The molecule has 13 heavy (non-hydrogen) atoms. The van der Waals surface area contributed by atoms with Gasteiger partial charge in [0, 0.05) is 13.2 Å². The van der Waals surface area contributed by atoms with Gasteiger partial charge in [-0.25, -0.2) is 0 Å². The zero-order valence-corrected chi connectivity index (χ0v) is 8.50. The van der Waals surface area contributed by atoms with Crippen LogP contribution in [0, 0.1) is 0 Å². The number of aliphatic hydroxyl groups is 3. The van der Waals surface area contributed by atoms with Gasteiger partial charge in [0.25, 0.3) is 0 Å². The van der Waals surface area contributed by atoms with E-state index in [0.29, 0.717) is 0 Å². The minimum atomic E-state index is -0.621. The molecule has 3 heteroatoms. The molecule has 0 aliphatic carbocycles. The van der Waals surface area contributed by atoms with Gasteiger partial charge in [0.2, 0.25) is 0 Å². The molecule has 0 atom stereocenters. The van der Waals surface area contributed by atoms with Gasteiger partial charge in [-0.15, -0.1) is 0 Å². The lowest BCUT2D eigenvalue weighted by atomic mass is 9.93. The topological polar surface area (TPSA) is 60.7 Å². The van der Waals surface area contributed by atoms with E-state index in [1.165, 1.54) is 0 Å². The summed E-state index contributed by atoms with van der Waals surface area (Å²) in [6.07, 6.45) is 4.72. The summed E-state index contributed by atoms with van der Waals surface area (Å²) in [6.45, 7) is 2.22. The largest absolute Gasteiger partial charge is 0.396 e. The summed E-state index contributed by atoms with van der Waals surface area (Å²) in [7, 11) is 0. The van der Waals surface area contributed by atoms with Gasteiger partial charge in [-0.05, 0) is 45.4 Å². The molecule has 0 aromatic rings. The van der Waals surface area contributed by atoms with E-state index in [4.69, 9.17) is 10.2 Å². The fraction of sp³-hybridized carbons (Fsp3) is 1.00. The summed E-state index contributed by atoms with van der Waals surface area (Å²) in [5.74, 6) is 0. The highest BCUT2D eigenvalue weighted by Crippen LogP contribution is 2.20. The van der Waals surface area contributed by atoms with E-state index in [0.717, 1.165) is 38.5 Å². The van der Waals surface area contributed by atoms with Crippen molar-refractivity contribution in [3.05, 3.63) is 0 Å². The van der Waals surface area contributed by atoms with Crippen LogP contribution < -0.4 is 0 Å². The summed E-state index contributed by atoms with van der Waals surface area (Å²) < 4.78 is 0. The van der Waals surface area contributed by atoms with Crippen LogP contribution in [-0.2, 0) is 0 Å². The Labute approximate surface area is 80.4 Å². The molecule has 0 saturated heterocycles. The zero-order chi connectivity index (χ0) is 10.2. The summed E-state index contributed by atoms with van der Waals surface area (Å²) in [5, 5.41) is 26.9. The zero-order valence-electron chi connectivity index (χ0n) is 8.50. The van der Waals surface area contributed by atoms with Crippen LogP contribution in [0.2, 0.25) is 0 Å². The van der Waals surface area contributed by atoms with Gasteiger partial charge in [0.05, 0.1) is 5.60 Å². The van der Waals surface area contributed by atoms with E-state index in [2.05, 4.69) is 0 Å². The molecule has 0 saturated carbocycles. The Morgan fingerprint density at radius 1 is 0.846 bits per heavy atom. The first kappa shape index (κ1) is 12.9. The van der Waals surface area contributed by atoms with Gasteiger partial charge in [-0.1, -0.05) is 0 Å². The van der Waals surface area contributed by atoms with Gasteiger partial charge in [0.1, 0.15) is 0 Å².